The van der Waals surface area contributed by atoms with Crippen LogP contribution in [0.4, 0.5) is 0 Å². The van der Waals surface area contributed by atoms with Crippen molar-refractivity contribution in [1.82, 2.24) is 4.90 Å². The number of nitrogens with zero attached hydrogens (tertiary/aromatic N) is 1. The predicted molar refractivity (Wildman–Crippen MR) is 213 cm³/mol. The summed E-state index contributed by atoms with van der Waals surface area (Å²) in [6.07, 6.45) is 3.48. The second-order valence-corrected chi connectivity index (χ2v) is 20.0. The molecule has 4 atom stereocenters. The number of rotatable bonds is 10. The lowest BCUT2D eigenvalue weighted by Gasteiger charge is -2.46. The Bertz CT molecular complexity index is 1960. The van der Waals surface area contributed by atoms with Gasteiger partial charge in [-0.3, -0.25) is 14.5 Å². The maximum Gasteiger partial charge on any atom is 0.455 e. The lowest BCUT2D eigenvalue weighted by molar-refractivity contribution is -0.138. The molecule has 272 valence electrons. The van der Waals surface area contributed by atoms with Gasteiger partial charge < -0.3 is 19.2 Å². The van der Waals surface area contributed by atoms with Crippen LogP contribution >= 0.6 is 0 Å². The van der Waals surface area contributed by atoms with Gasteiger partial charge in [0.15, 0.2) is 0 Å². The van der Waals surface area contributed by atoms with Gasteiger partial charge in [0.1, 0.15) is 5.75 Å². The highest BCUT2D eigenvalue weighted by Crippen LogP contribution is 2.51. The lowest BCUT2D eigenvalue weighted by Crippen LogP contribution is -2.66. The summed E-state index contributed by atoms with van der Waals surface area (Å²) >= 11 is 0. The van der Waals surface area contributed by atoms with Crippen molar-refractivity contribution >= 4 is 49.3 Å². The number of carbonyl (C=O) groups is 2. The molecule has 2 heterocycles. The summed E-state index contributed by atoms with van der Waals surface area (Å²) in [5.74, 6) is -1.52. The van der Waals surface area contributed by atoms with E-state index in [9.17, 15) is 19.7 Å². The van der Waals surface area contributed by atoms with Crippen LogP contribution < -0.4 is 10.4 Å². The third-order valence-electron chi connectivity index (χ3n) is 11.5. The average molecular weight is 726 g/mol. The highest BCUT2D eigenvalue weighted by Gasteiger charge is 2.57. The number of allylic oxidation sites excluding steroid dienone is 1. The zero-order valence-electron chi connectivity index (χ0n) is 30.9. The standard InChI is InChI=1S/C44H48BNO6Si/c1-44(2,3)53(35-16-10-6-11-17-35,36-18-12-7-13-19-36)51-29-33-27-37-41(43(49)46(4)42(37)48)38-28-45(50)52-39(40(33)38)25-22-32(31-14-8-5-9-15-31)26-30-20-23-34(47)24-21-30/h5-21,23-24,26,37-39,41,47,50H,22,25,27-29H2,1-4H3/b32-26-/t37-,38+,39-,41-/m1/s1. The van der Waals surface area contributed by atoms with E-state index in [0.29, 0.717) is 25.9 Å². The summed E-state index contributed by atoms with van der Waals surface area (Å²) in [6.45, 7) is 7.04. The van der Waals surface area contributed by atoms with E-state index in [0.717, 1.165) is 27.8 Å². The van der Waals surface area contributed by atoms with Crippen LogP contribution in [-0.2, 0) is 18.7 Å². The van der Waals surface area contributed by atoms with E-state index < -0.39 is 33.4 Å². The molecule has 1 aliphatic carbocycles. The van der Waals surface area contributed by atoms with Crippen LogP contribution in [-0.4, -0.2) is 62.0 Å². The van der Waals surface area contributed by atoms with Crippen molar-refractivity contribution in [2.45, 2.75) is 57.5 Å². The van der Waals surface area contributed by atoms with E-state index in [1.165, 1.54) is 15.3 Å². The molecule has 0 bridgehead atoms. The van der Waals surface area contributed by atoms with Crippen molar-refractivity contribution in [3.8, 4) is 5.75 Å². The van der Waals surface area contributed by atoms with Crippen molar-refractivity contribution in [3.63, 3.8) is 0 Å². The minimum absolute atomic E-state index is 0.164. The third-order valence-corrected chi connectivity index (χ3v) is 16.4. The molecule has 2 saturated heterocycles. The number of aromatic hydroxyl groups is 1. The zero-order valence-corrected chi connectivity index (χ0v) is 31.9. The van der Waals surface area contributed by atoms with Gasteiger partial charge in [-0.15, -0.1) is 0 Å². The van der Waals surface area contributed by atoms with Crippen LogP contribution in [0.2, 0.25) is 11.4 Å². The molecule has 0 aromatic heterocycles. The zero-order chi connectivity index (χ0) is 37.3. The van der Waals surface area contributed by atoms with Gasteiger partial charge in [-0.2, -0.15) is 0 Å². The highest BCUT2D eigenvalue weighted by atomic mass is 28.4. The van der Waals surface area contributed by atoms with Crippen molar-refractivity contribution in [2.75, 3.05) is 13.7 Å². The Morgan fingerprint density at radius 1 is 0.868 bits per heavy atom. The minimum atomic E-state index is -2.94. The maximum atomic E-state index is 13.7. The summed E-state index contributed by atoms with van der Waals surface area (Å²) < 4.78 is 13.9. The molecule has 4 aromatic carbocycles. The molecular weight excluding hydrogens is 677 g/mol. The monoisotopic (exact) mass is 725 g/mol. The molecule has 3 aliphatic rings. The number of phenolic OH excluding ortho intramolecular Hbond substituents is 1. The van der Waals surface area contributed by atoms with Crippen LogP contribution in [0.5, 0.6) is 5.75 Å². The van der Waals surface area contributed by atoms with Crippen molar-refractivity contribution in [3.05, 3.63) is 138 Å². The molecule has 7 rings (SSSR count). The first-order valence-corrected chi connectivity index (χ1v) is 20.6. The molecule has 9 heteroatoms. The second kappa shape index (κ2) is 15.1. The van der Waals surface area contributed by atoms with Crippen LogP contribution in [0.1, 0.15) is 51.2 Å². The van der Waals surface area contributed by atoms with Gasteiger partial charge in [0.2, 0.25) is 11.8 Å². The van der Waals surface area contributed by atoms with Crippen LogP contribution in [0, 0.1) is 17.8 Å². The molecule has 7 nitrogen and oxygen atoms in total. The average Bonchev–Trinajstić information content (AvgIpc) is 3.38. The van der Waals surface area contributed by atoms with Gasteiger partial charge in [0.05, 0.1) is 24.5 Å². The first-order chi connectivity index (χ1) is 25.5. The Kier molecular flexibility index (Phi) is 10.5. The molecule has 2 aliphatic heterocycles. The topological polar surface area (TPSA) is 96.3 Å². The van der Waals surface area contributed by atoms with E-state index in [2.05, 4.69) is 87.5 Å². The Labute approximate surface area is 314 Å². The van der Waals surface area contributed by atoms with E-state index in [4.69, 9.17) is 9.08 Å². The number of hydrogen-bond acceptors (Lipinski definition) is 6. The fraction of sp³-hybridized carbons (Fsp3) is 0.318. The number of imide groups is 1. The molecule has 4 aromatic rings. The smallest absolute Gasteiger partial charge is 0.455 e. The molecule has 0 spiro atoms. The Hall–Kier alpha value is -4.54. The molecule has 2 fully saturated rings. The number of fused-ring (bicyclic) bond motifs is 3. The fourth-order valence-corrected chi connectivity index (χ4v) is 13.6. The quantitative estimate of drug-likeness (QED) is 0.0817. The third kappa shape index (κ3) is 7.11. The first kappa shape index (κ1) is 36.8. The summed E-state index contributed by atoms with van der Waals surface area (Å²) in [5.41, 5.74) is 5.12. The largest absolute Gasteiger partial charge is 0.508 e. The lowest BCUT2D eigenvalue weighted by atomic mass is 9.58. The fourth-order valence-electron chi connectivity index (χ4n) is 9.02. The molecular formula is C44H48BNO6Si. The predicted octanol–water partition coefficient (Wildman–Crippen LogP) is 6.72. The van der Waals surface area contributed by atoms with Crippen LogP contribution in [0.15, 0.2) is 126 Å². The summed E-state index contributed by atoms with van der Waals surface area (Å²) in [7, 11) is -2.43. The van der Waals surface area contributed by atoms with E-state index in [1.807, 2.05) is 42.5 Å². The van der Waals surface area contributed by atoms with Gasteiger partial charge in [-0.25, -0.2) is 0 Å². The Balaban J connectivity index is 1.31. The summed E-state index contributed by atoms with van der Waals surface area (Å²) in [4.78, 5) is 28.6. The van der Waals surface area contributed by atoms with Gasteiger partial charge in [0.25, 0.3) is 8.32 Å². The molecule has 2 N–H and O–H groups in total. The SMILES string of the molecule is CN1C(=O)[C@@H]2[C@@H](CC(CO[Si](c3ccccc3)(c3ccccc3)C(C)(C)C)=C3[C@@H](CC/C(=C/c4ccc(O)cc4)c4ccccc4)OB(O)C[C@@H]32)C1=O. The molecule has 53 heavy (non-hydrogen) atoms. The van der Waals surface area contributed by atoms with E-state index >= 15 is 0 Å². The van der Waals surface area contributed by atoms with Crippen molar-refractivity contribution in [2.24, 2.45) is 17.8 Å². The normalized spacial score (nSPS) is 22.2. The minimum Gasteiger partial charge on any atom is -0.508 e. The summed E-state index contributed by atoms with van der Waals surface area (Å²) in [5, 5.41) is 23.2. The maximum absolute atomic E-state index is 13.7. The van der Waals surface area contributed by atoms with E-state index in [-0.39, 0.29) is 34.8 Å². The van der Waals surface area contributed by atoms with Crippen molar-refractivity contribution in [1.29, 1.82) is 0 Å². The van der Waals surface area contributed by atoms with Crippen LogP contribution in [0.25, 0.3) is 11.6 Å². The number of amides is 2. The van der Waals surface area contributed by atoms with Gasteiger partial charge in [0, 0.05) is 7.05 Å². The first-order valence-electron chi connectivity index (χ1n) is 18.6. The number of likely N-dealkylation sites (tertiary alicyclic amines) is 1. The molecule has 2 amide bonds. The number of benzene rings is 4. The second-order valence-electron chi connectivity index (χ2n) is 15.7. The number of phenols is 1. The number of carbonyl (C=O) groups excluding carboxylic acids is 2. The highest BCUT2D eigenvalue weighted by molar-refractivity contribution is 6.99. The number of hydrogen-bond donors (Lipinski definition) is 2. The molecule has 0 unspecified atom stereocenters. The van der Waals surface area contributed by atoms with Crippen LogP contribution in [0.3, 0.4) is 0 Å². The summed E-state index contributed by atoms with van der Waals surface area (Å²) in [6, 6.07) is 38.3. The molecule has 0 saturated carbocycles. The van der Waals surface area contributed by atoms with Crippen molar-refractivity contribution < 1.29 is 28.8 Å². The van der Waals surface area contributed by atoms with Gasteiger partial charge >= 0.3 is 7.12 Å². The van der Waals surface area contributed by atoms with Gasteiger partial charge in [-0.1, -0.05) is 130 Å². The van der Waals surface area contributed by atoms with E-state index in [1.54, 1.807) is 19.2 Å². The van der Waals surface area contributed by atoms with Gasteiger partial charge in [-0.05, 0) is 86.9 Å². The molecule has 0 radical (unpaired) electrons. The Morgan fingerprint density at radius 2 is 1.45 bits per heavy atom. The Morgan fingerprint density at radius 3 is 2.04 bits per heavy atom.